The maximum Gasteiger partial charge on any atom is 0.165 e. The highest BCUT2D eigenvalue weighted by Crippen LogP contribution is 2.12. The van der Waals surface area contributed by atoms with Crippen LogP contribution in [0.25, 0.3) is 0 Å². The molecule has 1 heterocycles. The SMILES string of the molecule is Cc1ccc(C#Cc2cnc(N=C=S)cc2F)cc1. The first kappa shape index (κ1) is 13.1. The summed E-state index contributed by atoms with van der Waals surface area (Å²) in [5, 5.41) is 2.14. The summed E-state index contributed by atoms with van der Waals surface area (Å²) in [5.41, 5.74) is 2.20. The molecule has 0 spiro atoms. The Balaban J connectivity index is 2.29. The standard InChI is InChI=1S/C15H9FN2S/c1-11-2-4-12(5-3-11)6-7-13-9-17-15(18-10-19)8-14(13)16/h2-5,8-9H,1H3. The molecule has 0 atom stereocenters. The molecule has 0 saturated heterocycles. The van der Waals surface area contributed by atoms with Crippen LogP contribution < -0.4 is 0 Å². The Hall–Kier alpha value is -2.34. The average Bonchev–Trinajstić information content (AvgIpc) is 2.40. The summed E-state index contributed by atoms with van der Waals surface area (Å²) in [4.78, 5) is 7.52. The van der Waals surface area contributed by atoms with Crippen LogP contribution >= 0.6 is 12.2 Å². The van der Waals surface area contributed by atoms with Gasteiger partial charge >= 0.3 is 0 Å². The van der Waals surface area contributed by atoms with Gasteiger partial charge in [-0.3, -0.25) is 0 Å². The molecule has 0 aliphatic carbocycles. The van der Waals surface area contributed by atoms with Gasteiger partial charge in [-0.2, -0.15) is 4.99 Å². The van der Waals surface area contributed by atoms with E-state index in [0.717, 1.165) is 11.1 Å². The van der Waals surface area contributed by atoms with E-state index < -0.39 is 5.82 Å². The van der Waals surface area contributed by atoms with Gasteiger partial charge in [-0.25, -0.2) is 9.37 Å². The molecule has 4 heteroatoms. The van der Waals surface area contributed by atoms with Crippen LogP contribution in [0.5, 0.6) is 0 Å². The van der Waals surface area contributed by atoms with Gasteiger partial charge in [-0.05, 0) is 31.3 Å². The molecule has 1 aromatic carbocycles. The number of aryl methyl sites for hydroxylation is 1. The van der Waals surface area contributed by atoms with Crippen molar-refractivity contribution < 1.29 is 4.39 Å². The van der Waals surface area contributed by atoms with Gasteiger partial charge in [0.15, 0.2) is 5.82 Å². The molecule has 0 unspecified atom stereocenters. The fourth-order valence-corrected chi connectivity index (χ4v) is 1.49. The van der Waals surface area contributed by atoms with E-state index in [4.69, 9.17) is 0 Å². The summed E-state index contributed by atoms with van der Waals surface area (Å²) in [5.74, 6) is 5.34. The molecule has 19 heavy (non-hydrogen) atoms. The van der Waals surface area contributed by atoms with Crippen LogP contribution in [0.1, 0.15) is 16.7 Å². The Morgan fingerprint density at radius 3 is 2.58 bits per heavy atom. The molecular weight excluding hydrogens is 259 g/mol. The third-order valence-corrected chi connectivity index (χ3v) is 2.48. The zero-order valence-corrected chi connectivity index (χ0v) is 11.0. The molecule has 92 valence electrons. The van der Waals surface area contributed by atoms with Gasteiger partial charge in [0.1, 0.15) is 5.82 Å². The molecule has 0 bridgehead atoms. The number of pyridine rings is 1. The highest BCUT2D eigenvalue weighted by atomic mass is 32.1. The van der Waals surface area contributed by atoms with Crippen molar-refractivity contribution in [1.29, 1.82) is 0 Å². The lowest BCUT2D eigenvalue weighted by Crippen LogP contribution is -1.86. The number of hydrogen-bond donors (Lipinski definition) is 0. The Kier molecular flexibility index (Phi) is 4.15. The lowest BCUT2D eigenvalue weighted by atomic mass is 10.1. The predicted octanol–water partition coefficient (Wildman–Crippen LogP) is 3.66. The zero-order chi connectivity index (χ0) is 13.7. The Bertz CT molecular complexity index is 705. The van der Waals surface area contributed by atoms with E-state index in [1.165, 1.54) is 12.3 Å². The summed E-state index contributed by atoms with van der Waals surface area (Å²) in [6, 6.07) is 8.86. The number of aromatic nitrogens is 1. The predicted molar refractivity (Wildman–Crippen MR) is 76.0 cm³/mol. The van der Waals surface area contributed by atoms with Crippen LogP contribution in [0.4, 0.5) is 10.2 Å². The number of benzene rings is 1. The quantitative estimate of drug-likeness (QED) is 0.448. The van der Waals surface area contributed by atoms with Gasteiger partial charge < -0.3 is 0 Å². The lowest BCUT2D eigenvalue weighted by Gasteiger charge is -1.95. The largest absolute Gasteiger partial charge is 0.235 e. The van der Waals surface area contributed by atoms with Gasteiger partial charge in [-0.1, -0.05) is 29.5 Å². The van der Waals surface area contributed by atoms with E-state index >= 15 is 0 Å². The second-order valence-corrected chi connectivity index (χ2v) is 4.02. The summed E-state index contributed by atoms with van der Waals surface area (Å²) in [6.07, 6.45) is 1.34. The first-order valence-corrected chi connectivity index (χ1v) is 5.92. The molecule has 0 amide bonds. The van der Waals surface area contributed by atoms with Gasteiger partial charge in [0.05, 0.1) is 10.7 Å². The Morgan fingerprint density at radius 2 is 1.95 bits per heavy atom. The minimum Gasteiger partial charge on any atom is -0.235 e. The third kappa shape index (κ3) is 3.56. The van der Waals surface area contributed by atoms with Crippen molar-refractivity contribution in [2.45, 2.75) is 6.92 Å². The number of nitrogens with zero attached hydrogens (tertiary/aromatic N) is 2. The Labute approximate surface area is 116 Å². The van der Waals surface area contributed by atoms with Crippen molar-refractivity contribution in [1.82, 2.24) is 4.98 Å². The molecule has 0 N–H and O–H groups in total. The molecule has 0 radical (unpaired) electrons. The second kappa shape index (κ2) is 6.01. The third-order valence-electron chi connectivity index (χ3n) is 2.39. The molecule has 1 aromatic heterocycles. The molecule has 2 rings (SSSR count). The topological polar surface area (TPSA) is 25.2 Å². The van der Waals surface area contributed by atoms with E-state index in [1.807, 2.05) is 31.2 Å². The number of hydrogen-bond acceptors (Lipinski definition) is 3. The summed E-state index contributed by atoms with van der Waals surface area (Å²) in [6.45, 7) is 2.00. The van der Waals surface area contributed by atoms with Crippen LogP contribution in [-0.4, -0.2) is 10.1 Å². The van der Waals surface area contributed by atoms with Crippen molar-refractivity contribution in [3.8, 4) is 11.8 Å². The highest BCUT2D eigenvalue weighted by Gasteiger charge is 2.01. The molecule has 0 aliphatic heterocycles. The highest BCUT2D eigenvalue weighted by molar-refractivity contribution is 7.78. The number of halogens is 1. The van der Waals surface area contributed by atoms with Crippen molar-refractivity contribution in [2.24, 2.45) is 4.99 Å². The van der Waals surface area contributed by atoms with Gasteiger partial charge in [0.25, 0.3) is 0 Å². The smallest absolute Gasteiger partial charge is 0.165 e. The number of rotatable bonds is 1. The first-order chi connectivity index (χ1) is 9.19. The zero-order valence-electron chi connectivity index (χ0n) is 10.1. The van der Waals surface area contributed by atoms with Crippen LogP contribution in [0.2, 0.25) is 0 Å². The van der Waals surface area contributed by atoms with Gasteiger partial charge in [-0.15, -0.1) is 0 Å². The number of isothiocyanates is 1. The monoisotopic (exact) mass is 268 g/mol. The van der Waals surface area contributed by atoms with Crippen molar-refractivity contribution in [3.63, 3.8) is 0 Å². The molecule has 0 saturated carbocycles. The van der Waals surface area contributed by atoms with Gasteiger partial charge in [0.2, 0.25) is 0 Å². The lowest BCUT2D eigenvalue weighted by molar-refractivity contribution is 0.622. The normalized spacial score (nSPS) is 9.16. The van der Waals surface area contributed by atoms with E-state index in [1.54, 1.807) is 0 Å². The van der Waals surface area contributed by atoms with Gasteiger partial charge in [0, 0.05) is 17.8 Å². The summed E-state index contributed by atoms with van der Waals surface area (Å²) < 4.78 is 13.7. The fourth-order valence-electron chi connectivity index (χ4n) is 1.40. The van der Waals surface area contributed by atoms with Crippen LogP contribution in [0.3, 0.4) is 0 Å². The van der Waals surface area contributed by atoms with Crippen LogP contribution in [0, 0.1) is 24.6 Å². The minimum absolute atomic E-state index is 0.188. The minimum atomic E-state index is -0.474. The molecule has 0 aliphatic rings. The van der Waals surface area contributed by atoms with Crippen molar-refractivity contribution in [3.05, 3.63) is 59.0 Å². The summed E-state index contributed by atoms with van der Waals surface area (Å²) >= 11 is 4.43. The molecule has 2 aromatic rings. The molecular formula is C15H9FN2S. The van der Waals surface area contributed by atoms with Crippen LogP contribution in [-0.2, 0) is 0 Å². The van der Waals surface area contributed by atoms with E-state index in [2.05, 4.69) is 39.2 Å². The number of thiocarbonyl (C=S) groups is 1. The molecule has 0 fully saturated rings. The number of aliphatic imine (C=N–C) groups is 1. The summed E-state index contributed by atoms with van der Waals surface area (Å²) in [7, 11) is 0. The average molecular weight is 268 g/mol. The van der Waals surface area contributed by atoms with E-state index in [0.29, 0.717) is 0 Å². The van der Waals surface area contributed by atoms with E-state index in [-0.39, 0.29) is 11.4 Å². The van der Waals surface area contributed by atoms with E-state index in [9.17, 15) is 4.39 Å². The molecule has 2 nitrogen and oxygen atoms in total. The second-order valence-electron chi connectivity index (χ2n) is 3.84. The Morgan fingerprint density at radius 1 is 1.21 bits per heavy atom. The van der Waals surface area contributed by atoms with Crippen molar-refractivity contribution in [2.75, 3.05) is 0 Å². The maximum atomic E-state index is 13.7. The maximum absolute atomic E-state index is 13.7. The fraction of sp³-hybridized carbons (Fsp3) is 0.0667. The first-order valence-electron chi connectivity index (χ1n) is 5.51. The van der Waals surface area contributed by atoms with Crippen molar-refractivity contribution >= 4 is 23.2 Å². The van der Waals surface area contributed by atoms with Crippen LogP contribution in [0.15, 0.2) is 41.5 Å².